The number of carbonyl (C=O) groups is 5. The van der Waals surface area contributed by atoms with E-state index < -0.39 is 79.4 Å². The maximum absolute atomic E-state index is 12.4. The smallest absolute Gasteiger partial charge is 0.326 e. The predicted octanol–water partition coefficient (Wildman–Crippen LogP) is -4.03. The standard InChI is InChI=1S/C15H26N4O9/c1-6(2)11(19-12(24)7(16)4-20)14(26)18-9(5-21)13(25)17-8(15(27)28)3-10(22)23/h6-9,11,20-21H,3-5,16H2,1-2H3,(H,17,25)(H,18,26)(H,19,24)(H,22,23)(H,27,28). The van der Waals surface area contributed by atoms with Crippen molar-refractivity contribution in [2.45, 2.75) is 44.4 Å². The Kier molecular flexibility index (Phi) is 10.7. The van der Waals surface area contributed by atoms with Crippen molar-refractivity contribution in [3.05, 3.63) is 0 Å². The summed E-state index contributed by atoms with van der Waals surface area (Å²) in [5, 5.41) is 42.2. The molecule has 0 rings (SSSR count). The minimum Gasteiger partial charge on any atom is -0.481 e. The van der Waals surface area contributed by atoms with E-state index >= 15 is 0 Å². The third-order valence-corrected chi connectivity index (χ3v) is 3.59. The van der Waals surface area contributed by atoms with Gasteiger partial charge >= 0.3 is 11.9 Å². The molecule has 13 heteroatoms. The summed E-state index contributed by atoms with van der Waals surface area (Å²) in [6.07, 6.45) is -0.906. The van der Waals surface area contributed by atoms with Gasteiger partial charge in [-0.3, -0.25) is 19.2 Å². The maximum Gasteiger partial charge on any atom is 0.326 e. The number of nitrogens with two attached hydrogens (primary N) is 1. The van der Waals surface area contributed by atoms with E-state index in [-0.39, 0.29) is 0 Å². The Morgan fingerprint density at radius 1 is 0.821 bits per heavy atom. The second-order valence-electron chi connectivity index (χ2n) is 6.26. The van der Waals surface area contributed by atoms with Crippen LogP contribution >= 0.6 is 0 Å². The van der Waals surface area contributed by atoms with E-state index in [1.54, 1.807) is 13.8 Å². The summed E-state index contributed by atoms with van der Waals surface area (Å²) in [6.45, 7) is 1.60. The lowest BCUT2D eigenvalue weighted by Crippen LogP contribution is -2.59. The van der Waals surface area contributed by atoms with E-state index in [0.717, 1.165) is 0 Å². The lowest BCUT2D eigenvalue weighted by molar-refractivity contribution is -0.147. The van der Waals surface area contributed by atoms with E-state index in [1.807, 2.05) is 5.32 Å². The lowest BCUT2D eigenvalue weighted by atomic mass is 10.0. The molecular formula is C15H26N4O9. The van der Waals surface area contributed by atoms with Gasteiger partial charge in [-0.2, -0.15) is 0 Å². The van der Waals surface area contributed by atoms with Crippen LogP contribution in [0.25, 0.3) is 0 Å². The first kappa shape index (κ1) is 25.2. The van der Waals surface area contributed by atoms with Crippen molar-refractivity contribution in [2.24, 2.45) is 11.7 Å². The molecule has 0 bridgehead atoms. The Morgan fingerprint density at radius 3 is 1.75 bits per heavy atom. The number of nitrogens with one attached hydrogen (secondary N) is 3. The first-order chi connectivity index (χ1) is 12.9. The van der Waals surface area contributed by atoms with Crippen LogP contribution in [0.3, 0.4) is 0 Å². The molecule has 3 amide bonds. The van der Waals surface area contributed by atoms with Crippen molar-refractivity contribution in [3.63, 3.8) is 0 Å². The zero-order valence-corrected chi connectivity index (χ0v) is 15.4. The number of carboxylic acid groups (broad SMARTS) is 2. The van der Waals surface area contributed by atoms with Gasteiger partial charge in [-0.05, 0) is 5.92 Å². The average molecular weight is 406 g/mol. The SMILES string of the molecule is CC(C)C(NC(=O)C(N)CO)C(=O)NC(CO)C(=O)NC(CC(=O)O)C(=O)O. The van der Waals surface area contributed by atoms with Crippen LogP contribution in [-0.2, 0) is 24.0 Å². The van der Waals surface area contributed by atoms with Gasteiger partial charge in [-0.15, -0.1) is 0 Å². The summed E-state index contributed by atoms with van der Waals surface area (Å²) in [4.78, 5) is 57.9. The average Bonchev–Trinajstić information content (AvgIpc) is 2.61. The molecule has 0 aromatic carbocycles. The topological polar surface area (TPSA) is 228 Å². The monoisotopic (exact) mass is 406 g/mol. The van der Waals surface area contributed by atoms with E-state index in [9.17, 15) is 29.1 Å². The van der Waals surface area contributed by atoms with Crippen LogP contribution < -0.4 is 21.7 Å². The second-order valence-corrected chi connectivity index (χ2v) is 6.26. The normalized spacial score (nSPS) is 15.1. The maximum atomic E-state index is 12.4. The van der Waals surface area contributed by atoms with Gasteiger partial charge in [0.1, 0.15) is 24.2 Å². The summed E-state index contributed by atoms with van der Waals surface area (Å²) >= 11 is 0. The van der Waals surface area contributed by atoms with Gasteiger partial charge in [0.25, 0.3) is 0 Å². The number of hydrogen-bond donors (Lipinski definition) is 8. The highest BCUT2D eigenvalue weighted by Gasteiger charge is 2.31. The molecule has 4 atom stereocenters. The van der Waals surface area contributed by atoms with Crippen LogP contribution in [0.15, 0.2) is 0 Å². The van der Waals surface area contributed by atoms with Gasteiger partial charge in [-0.25, -0.2) is 4.79 Å². The quantitative estimate of drug-likeness (QED) is 0.156. The molecule has 160 valence electrons. The van der Waals surface area contributed by atoms with Crippen LogP contribution in [0.2, 0.25) is 0 Å². The Hall–Kier alpha value is -2.77. The minimum atomic E-state index is -1.76. The van der Waals surface area contributed by atoms with Gasteiger partial charge < -0.3 is 42.1 Å². The molecule has 0 aliphatic heterocycles. The first-order valence-electron chi connectivity index (χ1n) is 8.27. The first-order valence-corrected chi connectivity index (χ1v) is 8.27. The molecule has 0 radical (unpaired) electrons. The fourth-order valence-electron chi connectivity index (χ4n) is 1.98. The number of carbonyl (C=O) groups excluding carboxylic acids is 3. The molecule has 0 saturated heterocycles. The summed E-state index contributed by atoms with van der Waals surface area (Å²) in [5.41, 5.74) is 5.36. The van der Waals surface area contributed by atoms with E-state index in [2.05, 4.69) is 10.6 Å². The second kappa shape index (κ2) is 11.8. The van der Waals surface area contributed by atoms with E-state index in [1.165, 1.54) is 0 Å². The number of hydrogen-bond acceptors (Lipinski definition) is 8. The van der Waals surface area contributed by atoms with Crippen LogP contribution in [0.1, 0.15) is 20.3 Å². The fraction of sp³-hybridized carbons (Fsp3) is 0.667. The molecule has 9 N–H and O–H groups in total. The number of rotatable bonds is 12. The molecule has 0 aromatic heterocycles. The highest BCUT2D eigenvalue weighted by atomic mass is 16.4. The Labute approximate surface area is 160 Å². The van der Waals surface area contributed by atoms with Gasteiger partial charge in [0.05, 0.1) is 19.6 Å². The summed E-state index contributed by atoms with van der Waals surface area (Å²) in [6, 6.07) is -5.79. The number of aliphatic carboxylic acids is 2. The zero-order valence-electron chi connectivity index (χ0n) is 15.4. The Morgan fingerprint density at radius 2 is 1.36 bits per heavy atom. The molecular weight excluding hydrogens is 380 g/mol. The molecule has 28 heavy (non-hydrogen) atoms. The van der Waals surface area contributed by atoms with Crippen molar-refractivity contribution in [3.8, 4) is 0 Å². The van der Waals surface area contributed by atoms with Crippen molar-refractivity contribution in [2.75, 3.05) is 13.2 Å². The number of aliphatic hydroxyl groups is 2. The Bertz CT molecular complexity index is 596. The van der Waals surface area contributed by atoms with Crippen LogP contribution in [0.5, 0.6) is 0 Å². The summed E-state index contributed by atoms with van der Waals surface area (Å²) in [5.74, 6) is -6.34. The van der Waals surface area contributed by atoms with Gasteiger partial charge in [0.15, 0.2) is 0 Å². The predicted molar refractivity (Wildman–Crippen MR) is 92.7 cm³/mol. The van der Waals surface area contributed by atoms with E-state index in [0.29, 0.717) is 0 Å². The van der Waals surface area contributed by atoms with Crippen LogP contribution in [0, 0.1) is 5.92 Å². The molecule has 0 spiro atoms. The van der Waals surface area contributed by atoms with Crippen LogP contribution in [-0.4, -0.2) is 87.5 Å². The molecule has 4 unspecified atom stereocenters. The summed E-state index contributed by atoms with van der Waals surface area (Å²) < 4.78 is 0. The number of amides is 3. The van der Waals surface area contributed by atoms with Crippen molar-refractivity contribution < 1.29 is 44.4 Å². The lowest BCUT2D eigenvalue weighted by Gasteiger charge is -2.25. The van der Waals surface area contributed by atoms with Gasteiger partial charge in [0, 0.05) is 0 Å². The number of aliphatic hydroxyl groups excluding tert-OH is 2. The van der Waals surface area contributed by atoms with Crippen molar-refractivity contribution >= 4 is 29.7 Å². The molecule has 0 heterocycles. The largest absolute Gasteiger partial charge is 0.481 e. The van der Waals surface area contributed by atoms with Crippen molar-refractivity contribution in [1.82, 2.24) is 16.0 Å². The van der Waals surface area contributed by atoms with Crippen molar-refractivity contribution in [1.29, 1.82) is 0 Å². The third-order valence-electron chi connectivity index (χ3n) is 3.59. The third kappa shape index (κ3) is 8.28. The fourth-order valence-corrected chi connectivity index (χ4v) is 1.98. The Balaban J connectivity index is 5.15. The number of carboxylic acids is 2. The minimum absolute atomic E-state index is 0.462. The zero-order chi connectivity index (χ0) is 22.0. The van der Waals surface area contributed by atoms with Crippen LogP contribution in [0.4, 0.5) is 0 Å². The van der Waals surface area contributed by atoms with Gasteiger partial charge in [0.2, 0.25) is 17.7 Å². The highest BCUT2D eigenvalue weighted by Crippen LogP contribution is 2.04. The molecule has 0 saturated carbocycles. The van der Waals surface area contributed by atoms with E-state index in [4.69, 9.17) is 21.1 Å². The molecule has 0 aromatic rings. The highest BCUT2D eigenvalue weighted by molar-refractivity contribution is 5.94. The molecule has 0 aliphatic carbocycles. The molecule has 0 fully saturated rings. The summed E-state index contributed by atoms with van der Waals surface area (Å²) in [7, 11) is 0. The van der Waals surface area contributed by atoms with Gasteiger partial charge in [-0.1, -0.05) is 13.8 Å². The molecule has 0 aliphatic rings. The molecule has 13 nitrogen and oxygen atoms in total.